The first-order valence-electron chi connectivity index (χ1n) is 14.9. The number of hydrogen-bond acceptors (Lipinski definition) is 5. The Balaban J connectivity index is 2.04. The average Bonchev–Trinajstić information content (AvgIpc) is 3.00. The maximum absolute atomic E-state index is 14.2. The Morgan fingerprint density at radius 2 is 1.53 bits per heavy atom. The van der Waals surface area contributed by atoms with Gasteiger partial charge in [0.1, 0.15) is 18.3 Å². The second-order valence-corrected chi connectivity index (χ2v) is 12.9. The van der Waals surface area contributed by atoms with E-state index in [9.17, 15) is 18.0 Å². The van der Waals surface area contributed by atoms with Crippen molar-refractivity contribution in [3.63, 3.8) is 0 Å². The van der Waals surface area contributed by atoms with Crippen molar-refractivity contribution in [1.29, 1.82) is 0 Å². The number of carbonyl (C=O) groups is 2. The quantitative estimate of drug-likeness (QED) is 0.212. The summed E-state index contributed by atoms with van der Waals surface area (Å²) in [4.78, 5) is 29.1. The zero-order chi connectivity index (χ0) is 31.6. The van der Waals surface area contributed by atoms with Crippen LogP contribution in [-0.4, -0.2) is 51.4 Å². The van der Waals surface area contributed by atoms with Crippen molar-refractivity contribution in [2.75, 3.05) is 24.5 Å². The standard InChI is InChI=1S/C34H45N3O5S/c1-7-9-22-35-34(39)32(8-2)36(23-27-12-18-30(42-6)19-13-27)33(38)24-37(29-16-14-28(15-17-29)25(3)4)43(40,41)31-20-10-26(5)11-21-31/h10-21,25,32H,7-9,22-24H2,1-6H3,(H,35,39)/t32-/m1/s1. The van der Waals surface area contributed by atoms with Gasteiger partial charge in [0.15, 0.2) is 0 Å². The van der Waals surface area contributed by atoms with Crippen LogP contribution in [0.5, 0.6) is 5.75 Å². The minimum atomic E-state index is -4.12. The number of rotatable bonds is 15. The van der Waals surface area contributed by atoms with Crippen LogP contribution < -0.4 is 14.4 Å². The van der Waals surface area contributed by atoms with E-state index in [2.05, 4.69) is 19.2 Å². The highest BCUT2D eigenvalue weighted by molar-refractivity contribution is 7.92. The van der Waals surface area contributed by atoms with Gasteiger partial charge >= 0.3 is 0 Å². The van der Waals surface area contributed by atoms with Crippen LogP contribution in [0.3, 0.4) is 0 Å². The highest BCUT2D eigenvalue weighted by Crippen LogP contribution is 2.27. The van der Waals surface area contributed by atoms with E-state index < -0.39 is 28.5 Å². The summed E-state index contributed by atoms with van der Waals surface area (Å²) in [5.74, 6) is 0.199. The van der Waals surface area contributed by atoms with Gasteiger partial charge in [0.25, 0.3) is 10.0 Å². The zero-order valence-corrected chi connectivity index (χ0v) is 27.0. The van der Waals surface area contributed by atoms with E-state index >= 15 is 0 Å². The Labute approximate surface area is 257 Å². The highest BCUT2D eigenvalue weighted by atomic mass is 32.2. The Bertz CT molecular complexity index is 1440. The van der Waals surface area contributed by atoms with Gasteiger partial charge in [-0.25, -0.2) is 8.42 Å². The van der Waals surface area contributed by atoms with Crippen LogP contribution in [0.4, 0.5) is 5.69 Å². The third kappa shape index (κ3) is 8.83. The smallest absolute Gasteiger partial charge is 0.264 e. The van der Waals surface area contributed by atoms with E-state index in [0.29, 0.717) is 24.4 Å². The number of nitrogens with zero attached hydrogens (tertiary/aromatic N) is 2. The van der Waals surface area contributed by atoms with Crippen molar-refractivity contribution in [3.05, 3.63) is 89.5 Å². The minimum Gasteiger partial charge on any atom is -0.497 e. The van der Waals surface area contributed by atoms with Crippen molar-refractivity contribution >= 4 is 27.5 Å². The first-order valence-corrected chi connectivity index (χ1v) is 16.3. The number of aryl methyl sites for hydroxylation is 1. The van der Waals surface area contributed by atoms with E-state index in [4.69, 9.17) is 4.74 Å². The molecule has 3 aromatic carbocycles. The number of ether oxygens (including phenoxy) is 1. The largest absolute Gasteiger partial charge is 0.497 e. The lowest BCUT2D eigenvalue weighted by Crippen LogP contribution is -2.52. The number of sulfonamides is 1. The van der Waals surface area contributed by atoms with Crippen molar-refractivity contribution < 1.29 is 22.7 Å². The van der Waals surface area contributed by atoms with Crippen LogP contribution in [0, 0.1) is 6.92 Å². The Morgan fingerprint density at radius 1 is 0.907 bits per heavy atom. The molecule has 232 valence electrons. The maximum atomic E-state index is 14.2. The third-order valence-corrected chi connectivity index (χ3v) is 9.25. The van der Waals surface area contributed by atoms with Gasteiger partial charge in [-0.3, -0.25) is 13.9 Å². The molecule has 1 N–H and O–H groups in total. The topological polar surface area (TPSA) is 96.0 Å². The van der Waals surface area contributed by atoms with Gasteiger partial charge in [-0.1, -0.05) is 76.1 Å². The first kappa shape index (κ1) is 33.6. The van der Waals surface area contributed by atoms with Crippen molar-refractivity contribution in [2.45, 2.75) is 77.3 Å². The molecule has 0 unspecified atom stereocenters. The summed E-state index contributed by atoms with van der Waals surface area (Å²) in [7, 11) is -2.54. The lowest BCUT2D eigenvalue weighted by atomic mass is 10.0. The number of amides is 2. The summed E-state index contributed by atoms with van der Waals surface area (Å²) in [6.45, 7) is 10.1. The van der Waals surface area contributed by atoms with Gasteiger partial charge in [0.05, 0.1) is 17.7 Å². The number of methoxy groups -OCH3 is 1. The molecule has 43 heavy (non-hydrogen) atoms. The zero-order valence-electron chi connectivity index (χ0n) is 26.2. The third-order valence-electron chi connectivity index (χ3n) is 7.46. The van der Waals surface area contributed by atoms with Crippen molar-refractivity contribution in [2.24, 2.45) is 0 Å². The summed E-state index contributed by atoms with van der Waals surface area (Å²) in [6.07, 6.45) is 2.12. The predicted octanol–water partition coefficient (Wildman–Crippen LogP) is 6.05. The van der Waals surface area contributed by atoms with Crippen molar-refractivity contribution in [3.8, 4) is 5.75 Å². The van der Waals surface area contributed by atoms with E-state index in [1.807, 2.05) is 45.0 Å². The lowest BCUT2D eigenvalue weighted by Gasteiger charge is -2.33. The molecule has 0 saturated heterocycles. The molecule has 0 aliphatic heterocycles. The first-order chi connectivity index (χ1) is 20.5. The van der Waals surface area contributed by atoms with Gasteiger partial charge in [0, 0.05) is 13.1 Å². The molecular formula is C34H45N3O5S. The molecule has 0 fully saturated rings. The molecule has 9 heteroatoms. The van der Waals surface area contributed by atoms with E-state index in [1.165, 1.54) is 4.90 Å². The normalized spacial score (nSPS) is 12.1. The molecular weight excluding hydrogens is 562 g/mol. The molecule has 0 aliphatic rings. The predicted molar refractivity (Wildman–Crippen MR) is 172 cm³/mol. The van der Waals surface area contributed by atoms with Crippen LogP contribution in [-0.2, 0) is 26.2 Å². The van der Waals surface area contributed by atoms with Crippen LogP contribution in [0.15, 0.2) is 77.7 Å². The minimum absolute atomic E-state index is 0.0879. The lowest BCUT2D eigenvalue weighted by molar-refractivity contribution is -0.140. The molecule has 0 aliphatic carbocycles. The molecule has 0 bridgehead atoms. The summed E-state index contributed by atoms with van der Waals surface area (Å²) >= 11 is 0. The molecule has 0 heterocycles. The maximum Gasteiger partial charge on any atom is 0.264 e. The Hall–Kier alpha value is -3.85. The number of hydrogen-bond donors (Lipinski definition) is 1. The number of anilines is 1. The Kier molecular flexibility index (Phi) is 12.2. The van der Waals surface area contributed by atoms with Gasteiger partial charge in [-0.15, -0.1) is 0 Å². The number of nitrogens with one attached hydrogen (secondary N) is 1. The second kappa shape index (κ2) is 15.6. The number of carbonyl (C=O) groups excluding carboxylic acids is 2. The molecule has 3 aromatic rings. The van der Waals surface area contributed by atoms with Crippen LogP contribution in [0.2, 0.25) is 0 Å². The molecule has 2 amide bonds. The molecule has 0 aromatic heterocycles. The molecule has 8 nitrogen and oxygen atoms in total. The monoisotopic (exact) mass is 607 g/mol. The summed E-state index contributed by atoms with van der Waals surface area (Å²) in [6, 6.07) is 20.3. The Morgan fingerprint density at radius 3 is 2.07 bits per heavy atom. The average molecular weight is 608 g/mol. The summed E-state index contributed by atoms with van der Waals surface area (Å²) in [5, 5.41) is 2.95. The van der Waals surface area contributed by atoms with Crippen molar-refractivity contribution in [1.82, 2.24) is 10.2 Å². The number of unbranched alkanes of at least 4 members (excludes halogenated alkanes) is 1. The second-order valence-electron chi connectivity index (χ2n) is 11.0. The molecule has 1 atom stereocenters. The van der Waals surface area contributed by atoms with E-state index in [-0.39, 0.29) is 23.3 Å². The number of benzene rings is 3. The fourth-order valence-electron chi connectivity index (χ4n) is 4.75. The van der Waals surface area contributed by atoms with Crippen LogP contribution in [0.25, 0.3) is 0 Å². The van der Waals surface area contributed by atoms with E-state index in [1.54, 1.807) is 55.6 Å². The fraction of sp³-hybridized carbons (Fsp3) is 0.412. The van der Waals surface area contributed by atoms with Gasteiger partial charge < -0.3 is 15.0 Å². The summed E-state index contributed by atoms with van der Waals surface area (Å²) in [5.41, 5.74) is 3.15. The molecule has 0 spiro atoms. The SMILES string of the molecule is CCCCNC(=O)[C@@H](CC)N(Cc1ccc(OC)cc1)C(=O)CN(c1ccc(C(C)C)cc1)S(=O)(=O)c1ccc(C)cc1. The molecule has 0 saturated carbocycles. The fourth-order valence-corrected chi connectivity index (χ4v) is 6.16. The summed E-state index contributed by atoms with van der Waals surface area (Å²) < 4.78 is 34.5. The van der Waals surface area contributed by atoms with Crippen LogP contribution >= 0.6 is 0 Å². The highest BCUT2D eigenvalue weighted by Gasteiger charge is 2.33. The molecule has 0 radical (unpaired) electrons. The van der Waals surface area contributed by atoms with Crippen LogP contribution in [0.1, 0.15) is 69.6 Å². The molecule has 3 rings (SSSR count). The van der Waals surface area contributed by atoms with Gasteiger partial charge in [0.2, 0.25) is 11.8 Å². The van der Waals surface area contributed by atoms with Gasteiger partial charge in [-0.2, -0.15) is 0 Å². The van der Waals surface area contributed by atoms with E-state index in [0.717, 1.165) is 33.8 Å². The van der Waals surface area contributed by atoms with Gasteiger partial charge in [-0.05, 0) is 73.2 Å².